The summed E-state index contributed by atoms with van der Waals surface area (Å²) in [5.74, 6) is 0.161. The van der Waals surface area contributed by atoms with Crippen molar-refractivity contribution in [2.24, 2.45) is 5.73 Å². The third-order valence-electron chi connectivity index (χ3n) is 3.40. The molecule has 2 aromatic rings. The van der Waals surface area contributed by atoms with E-state index in [0.29, 0.717) is 22.6 Å². The van der Waals surface area contributed by atoms with Crippen molar-refractivity contribution >= 4 is 11.6 Å². The van der Waals surface area contributed by atoms with Crippen molar-refractivity contribution in [2.75, 3.05) is 11.9 Å². The van der Waals surface area contributed by atoms with E-state index in [1.807, 2.05) is 30.3 Å². The first-order chi connectivity index (χ1) is 10.1. The molecule has 1 amide bonds. The van der Waals surface area contributed by atoms with E-state index in [1.54, 1.807) is 0 Å². The van der Waals surface area contributed by atoms with Crippen LogP contribution in [0.15, 0.2) is 42.5 Å². The van der Waals surface area contributed by atoms with Crippen LogP contribution in [-0.4, -0.2) is 12.5 Å². The van der Waals surface area contributed by atoms with Crippen LogP contribution < -0.4 is 15.8 Å². The van der Waals surface area contributed by atoms with Crippen molar-refractivity contribution in [1.82, 2.24) is 0 Å². The summed E-state index contributed by atoms with van der Waals surface area (Å²) < 4.78 is 19.2. The first-order valence-corrected chi connectivity index (χ1v) is 6.69. The van der Waals surface area contributed by atoms with Crippen LogP contribution in [0.5, 0.6) is 5.75 Å². The van der Waals surface area contributed by atoms with Gasteiger partial charge in [0.1, 0.15) is 18.2 Å². The Morgan fingerprint density at radius 2 is 2.05 bits per heavy atom. The van der Waals surface area contributed by atoms with Crippen molar-refractivity contribution in [3.05, 3.63) is 59.4 Å². The van der Waals surface area contributed by atoms with E-state index in [-0.39, 0.29) is 18.9 Å². The number of nitrogens with two attached hydrogens (primary N) is 1. The van der Waals surface area contributed by atoms with Crippen LogP contribution >= 0.6 is 0 Å². The Kier molecular flexibility index (Phi) is 3.58. The number of nitrogens with one attached hydrogen (secondary N) is 1. The minimum atomic E-state index is -0.520. The molecule has 5 heteroatoms. The zero-order valence-electron chi connectivity index (χ0n) is 11.3. The van der Waals surface area contributed by atoms with Gasteiger partial charge < -0.3 is 15.8 Å². The molecule has 0 aliphatic carbocycles. The number of rotatable bonds is 4. The highest BCUT2D eigenvalue weighted by Crippen LogP contribution is 2.32. The number of para-hydroxylation sites is 1. The largest absolute Gasteiger partial charge is 0.492 e. The summed E-state index contributed by atoms with van der Waals surface area (Å²) in [6, 6.07) is 11.5. The molecule has 0 bridgehead atoms. The Bertz CT molecular complexity index is 673. The van der Waals surface area contributed by atoms with Crippen LogP contribution in [0.25, 0.3) is 0 Å². The fraction of sp³-hybridized carbons (Fsp3) is 0.188. The summed E-state index contributed by atoms with van der Waals surface area (Å²) in [6.07, 6.45) is 0.187. The molecular formula is C16H15FN2O2. The average Bonchev–Trinajstić information content (AvgIpc) is 2.85. The number of halogens is 1. The Morgan fingerprint density at radius 3 is 2.81 bits per heavy atom. The van der Waals surface area contributed by atoms with Crippen LogP contribution in [0.1, 0.15) is 17.2 Å². The second kappa shape index (κ2) is 5.54. The minimum absolute atomic E-state index is 0.145. The lowest BCUT2D eigenvalue weighted by atomic mass is 10.0. The maximum atomic E-state index is 13.6. The average molecular weight is 286 g/mol. The molecule has 0 saturated heterocycles. The highest BCUT2D eigenvalue weighted by Gasteiger charge is 2.24. The fourth-order valence-corrected chi connectivity index (χ4v) is 2.42. The second-order valence-corrected chi connectivity index (χ2v) is 4.98. The summed E-state index contributed by atoms with van der Waals surface area (Å²) in [6.45, 7) is 0.204. The predicted octanol–water partition coefficient (Wildman–Crippen LogP) is 2.40. The van der Waals surface area contributed by atoms with Gasteiger partial charge in [-0.3, -0.25) is 4.79 Å². The normalized spacial score (nSPS) is 14.5. The van der Waals surface area contributed by atoms with E-state index in [0.717, 1.165) is 0 Å². The zero-order chi connectivity index (χ0) is 14.8. The number of anilines is 1. The first-order valence-electron chi connectivity index (χ1n) is 6.69. The van der Waals surface area contributed by atoms with Crippen LogP contribution in [0, 0.1) is 5.82 Å². The predicted molar refractivity (Wildman–Crippen MR) is 77.6 cm³/mol. The SMILES string of the molecule is NC(COc1ccccc1)c1cc(F)cc2c1NC(=O)C2. The summed E-state index contributed by atoms with van der Waals surface area (Å²) in [5.41, 5.74) is 7.91. The fourth-order valence-electron chi connectivity index (χ4n) is 2.42. The van der Waals surface area contributed by atoms with E-state index < -0.39 is 11.9 Å². The quantitative estimate of drug-likeness (QED) is 0.907. The summed E-state index contributed by atoms with van der Waals surface area (Å²) >= 11 is 0. The summed E-state index contributed by atoms with van der Waals surface area (Å²) in [7, 11) is 0. The van der Waals surface area contributed by atoms with E-state index in [2.05, 4.69) is 5.32 Å². The molecule has 3 N–H and O–H groups in total. The number of fused-ring (bicyclic) bond motifs is 1. The van der Waals surface area contributed by atoms with Gasteiger partial charge in [-0.1, -0.05) is 18.2 Å². The Balaban J connectivity index is 1.79. The van der Waals surface area contributed by atoms with E-state index in [4.69, 9.17) is 10.5 Å². The van der Waals surface area contributed by atoms with E-state index >= 15 is 0 Å². The molecule has 4 nitrogen and oxygen atoms in total. The van der Waals surface area contributed by atoms with Crippen molar-refractivity contribution in [3.8, 4) is 5.75 Å². The maximum Gasteiger partial charge on any atom is 0.228 e. The molecule has 0 saturated carbocycles. The van der Waals surface area contributed by atoms with Gasteiger partial charge >= 0.3 is 0 Å². The van der Waals surface area contributed by atoms with Gasteiger partial charge in [0.2, 0.25) is 5.91 Å². The van der Waals surface area contributed by atoms with Gasteiger partial charge in [-0.15, -0.1) is 0 Å². The smallest absolute Gasteiger partial charge is 0.228 e. The van der Waals surface area contributed by atoms with Gasteiger partial charge in [0.25, 0.3) is 0 Å². The zero-order valence-corrected chi connectivity index (χ0v) is 11.3. The van der Waals surface area contributed by atoms with E-state index in [1.165, 1.54) is 12.1 Å². The molecule has 2 aromatic carbocycles. The monoisotopic (exact) mass is 286 g/mol. The number of carbonyl (C=O) groups is 1. The Hall–Kier alpha value is -2.40. The van der Waals surface area contributed by atoms with Crippen LogP contribution in [0.2, 0.25) is 0 Å². The third-order valence-corrected chi connectivity index (χ3v) is 3.40. The Morgan fingerprint density at radius 1 is 1.29 bits per heavy atom. The molecule has 0 radical (unpaired) electrons. The molecule has 0 aromatic heterocycles. The summed E-state index contributed by atoms with van der Waals surface area (Å²) in [5, 5.41) is 2.73. The molecule has 21 heavy (non-hydrogen) atoms. The number of hydrogen-bond donors (Lipinski definition) is 2. The molecule has 108 valence electrons. The van der Waals surface area contributed by atoms with Crippen molar-refractivity contribution < 1.29 is 13.9 Å². The topological polar surface area (TPSA) is 64.3 Å². The van der Waals surface area contributed by atoms with Gasteiger partial charge in [0.15, 0.2) is 0 Å². The second-order valence-electron chi connectivity index (χ2n) is 4.98. The molecule has 1 aliphatic heterocycles. The molecule has 1 unspecified atom stereocenters. The van der Waals surface area contributed by atoms with Crippen LogP contribution in [0.3, 0.4) is 0 Å². The van der Waals surface area contributed by atoms with Gasteiger partial charge in [0, 0.05) is 5.69 Å². The summed E-state index contributed by atoms with van der Waals surface area (Å²) in [4.78, 5) is 11.5. The Labute approximate surface area is 121 Å². The lowest BCUT2D eigenvalue weighted by molar-refractivity contribution is -0.115. The van der Waals surface area contributed by atoms with Crippen molar-refractivity contribution in [1.29, 1.82) is 0 Å². The minimum Gasteiger partial charge on any atom is -0.492 e. The molecule has 0 fully saturated rings. The standard InChI is InChI=1S/C16H15FN2O2/c17-11-6-10-7-15(20)19-16(10)13(8-11)14(18)9-21-12-4-2-1-3-5-12/h1-6,8,14H,7,9,18H2,(H,19,20). The molecule has 3 rings (SSSR count). The van der Waals surface area contributed by atoms with Gasteiger partial charge in [0.05, 0.1) is 12.5 Å². The van der Waals surface area contributed by atoms with E-state index in [9.17, 15) is 9.18 Å². The van der Waals surface area contributed by atoms with Crippen LogP contribution in [-0.2, 0) is 11.2 Å². The molecule has 0 spiro atoms. The van der Waals surface area contributed by atoms with Gasteiger partial charge in [-0.25, -0.2) is 4.39 Å². The molecule has 1 atom stereocenters. The van der Waals surface area contributed by atoms with Crippen molar-refractivity contribution in [2.45, 2.75) is 12.5 Å². The van der Waals surface area contributed by atoms with Crippen LogP contribution in [0.4, 0.5) is 10.1 Å². The highest BCUT2D eigenvalue weighted by molar-refractivity contribution is 6.00. The van der Waals surface area contributed by atoms with Gasteiger partial charge in [-0.05, 0) is 35.4 Å². The highest BCUT2D eigenvalue weighted by atomic mass is 19.1. The number of amides is 1. The lowest BCUT2D eigenvalue weighted by Gasteiger charge is -2.17. The number of carbonyl (C=O) groups excluding carboxylic acids is 1. The van der Waals surface area contributed by atoms with Crippen molar-refractivity contribution in [3.63, 3.8) is 0 Å². The number of ether oxygens (including phenoxy) is 1. The maximum absolute atomic E-state index is 13.6. The van der Waals surface area contributed by atoms with Gasteiger partial charge in [-0.2, -0.15) is 0 Å². The molecule has 1 heterocycles. The third kappa shape index (κ3) is 2.87. The number of hydrogen-bond acceptors (Lipinski definition) is 3. The number of benzene rings is 2. The first kappa shape index (κ1) is 13.6. The molecular weight excluding hydrogens is 271 g/mol. The lowest BCUT2D eigenvalue weighted by Crippen LogP contribution is -2.20. The molecule has 1 aliphatic rings.